The van der Waals surface area contributed by atoms with E-state index >= 15 is 0 Å². The van der Waals surface area contributed by atoms with E-state index in [1.165, 1.54) is 18.2 Å². The molecule has 0 saturated carbocycles. The molecule has 0 radical (unpaired) electrons. The van der Waals surface area contributed by atoms with E-state index in [0.717, 1.165) is 37.9 Å². The number of non-ortho nitro benzene ring substituents is 1. The summed E-state index contributed by atoms with van der Waals surface area (Å²) in [6, 6.07) is 11.8. The highest BCUT2D eigenvalue weighted by Gasteiger charge is 2.33. The second-order valence-corrected chi connectivity index (χ2v) is 7.51. The smallest absolute Gasteiger partial charge is 0.270 e. The molecule has 2 aromatic rings. The van der Waals surface area contributed by atoms with Crippen LogP contribution in [0.25, 0.3) is 6.08 Å². The number of carbonyl (C=O) groups is 2. The molecule has 29 heavy (non-hydrogen) atoms. The van der Waals surface area contributed by atoms with Crippen LogP contribution in [-0.2, 0) is 0 Å². The summed E-state index contributed by atoms with van der Waals surface area (Å²) in [5.74, 6) is -0.650. The maximum Gasteiger partial charge on any atom is 0.270 e. The molecule has 1 aliphatic heterocycles. The molecule has 0 unspecified atom stereocenters. The van der Waals surface area contributed by atoms with Crippen LogP contribution < -0.4 is 4.90 Å². The summed E-state index contributed by atoms with van der Waals surface area (Å²) in [6.07, 6.45) is 5.77. The summed E-state index contributed by atoms with van der Waals surface area (Å²) in [5.41, 5.74) is 2.18. The van der Waals surface area contributed by atoms with Crippen LogP contribution in [0.2, 0.25) is 0 Å². The van der Waals surface area contributed by atoms with Crippen LogP contribution in [0.1, 0.15) is 58.9 Å². The molecule has 148 valence electrons. The van der Waals surface area contributed by atoms with Gasteiger partial charge in [0, 0.05) is 47.1 Å². The fourth-order valence-electron chi connectivity index (χ4n) is 4.33. The SMILES string of the molecule is CC[C@H]1CCCCN1c1ccc([N+](=O)[O-])cc1C=C1C(=O)c2ccccc2C1=O. The Labute approximate surface area is 169 Å². The lowest BCUT2D eigenvalue weighted by Crippen LogP contribution is -2.39. The molecule has 0 amide bonds. The van der Waals surface area contributed by atoms with Gasteiger partial charge in [0.05, 0.1) is 10.5 Å². The van der Waals surface area contributed by atoms with Crippen molar-refractivity contribution in [3.8, 4) is 0 Å². The zero-order valence-electron chi connectivity index (χ0n) is 16.3. The molecule has 0 bridgehead atoms. The normalized spacial score (nSPS) is 18.7. The first-order chi connectivity index (χ1) is 14.0. The van der Waals surface area contributed by atoms with Crippen LogP contribution in [0.5, 0.6) is 0 Å². The standard InChI is InChI=1S/C23H22N2O4/c1-2-16-7-5-6-12-24(16)21-11-10-17(25(28)29)13-15(21)14-20-22(26)18-8-3-4-9-19(18)23(20)27/h3-4,8-11,13-14,16H,2,5-7,12H2,1H3/t16-/m0/s1. The second-order valence-electron chi connectivity index (χ2n) is 7.51. The van der Waals surface area contributed by atoms with Gasteiger partial charge >= 0.3 is 0 Å². The number of nitro benzene ring substituents is 1. The van der Waals surface area contributed by atoms with E-state index in [4.69, 9.17) is 0 Å². The van der Waals surface area contributed by atoms with Gasteiger partial charge in [0.25, 0.3) is 5.69 Å². The average Bonchev–Trinajstić information content (AvgIpc) is 2.99. The van der Waals surface area contributed by atoms with Crippen LogP contribution >= 0.6 is 0 Å². The van der Waals surface area contributed by atoms with Gasteiger partial charge in [0.15, 0.2) is 11.6 Å². The molecule has 0 N–H and O–H groups in total. The molecule has 4 rings (SSSR count). The highest BCUT2D eigenvalue weighted by Crippen LogP contribution is 2.35. The van der Waals surface area contributed by atoms with Crippen LogP contribution in [0, 0.1) is 10.1 Å². The van der Waals surface area contributed by atoms with Crippen LogP contribution in [0.15, 0.2) is 48.0 Å². The number of piperidine rings is 1. The summed E-state index contributed by atoms with van der Waals surface area (Å²) < 4.78 is 0. The second kappa shape index (κ2) is 7.62. The fraction of sp³-hybridized carbons (Fsp3) is 0.304. The largest absolute Gasteiger partial charge is 0.368 e. The Bertz CT molecular complexity index is 1000. The quantitative estimate of drug-likeness (QED) is 0.323. The van der Waals surface area contributed by atoms with Crippen molar-refractivity contribution in [1.82, 2.24) is 0 Å². The van der Waals surface area contributed by atoms with Gasteiger partial charge in [-0.25, -0.2) is 0 Å². The molecule has 2 aliphatic rings. The maximum absolute atomic E-state index is 12.8. The first-order valence-electron chi connectivity index (χ1n) is 9.96. The number of hydrogen-bond acceptors (Lipinski definition) is 5. The van der Waals surface area contributed by atoms with Crippen molar-refractivity contribution < 1.29 is 14.5 Å². The summed E-state index contributed by atoms with van der Waals surface area (Å²) in [4.78, 5) is 38.8. The highest BCUT2D eigenvalue weighted by molar-refractivity contribution is 6.41. The van der Waals surface area contributed by atoms with Crippen molar-refractivity contribution >= 4 is 29.0 Å². The summed E-state index contributed by atoms with van der Waals surface area (Å²) in [7, 11) is 0. The third-order valence-corrected chi connectivity index (χ3v) is 5.84. The molecule has 0 aromatic heterocycles. The van der Waals surface area contributed by atoms with E-state index in [9.17, 15) is 19.7 Å². The average molecular weight is 390 g/mol. The van der Waals surface area contributed by atoms with E-state index in [2.05, 4.69) is 11.8 Å². The van der Waals surface area contributed by atoms with Crippen molar-refractivity contribution in [3.05, 3.63) is 74.8 Å². The molecular weight excluding hydrogens is 368 g/mol. The van der Waals surface area contributed by atoms with Crippen molar-refractivity contribution in [3.63, 3.8) is 0 Å². The number of allylic oxidation sites excluding steroid dienone is 1. The lowest BCUT2D eigenvalue weighted by molar-refractivity contribution is -0.384. The lowest BCUT2D eigenvalue weighted by Gasteiger charge is -2.38. The topological polar surface area (TPSA) is 80.5 Å². The van der Waals surface area contributed by atoms with Crippen molar-refractivity contribution in [2.24, 2.45) is 0 Å². The van der Waals surface area contributed by atoms with Crippen LogP contribution in [0.3, 0.4) is 0 Å². The van der Waals surface area contributed by atoms with E-state index in [1.54, 1.807) is 30.3 Å². The zero-order valence-corrected chi connectivity index (χ0v) is 16.3. The molecule has 6 nitrogen and oxygen atoms in total. The molecule has 0 spiro atoms. The predicted octanol–water partition coefficient (Wildman–Crippen LogP) is 4.83. The minimum Gasteiger partial charge on any atom is -0.368 e. The number of anilines is 1. The minimum atomic E-state index is -0.452. The molecule has 1 atom stereocenters. The monoisotopic (exact) mass is 390 g/mol. The van der Waals surface area contributed by atoms with E-state index in [0.29, 0.717) is 22.7 Å². The third kappa shape index (κ3) is 3.35. The Balaban J connectivity index is 1.83. The van der Waals surface area contributed by atoms with E-state index < -0.39 is 4.92 Å². The summed E-state index contributed by atoms with van der Waals surface area (Å²) in [6.45, 7) is 2.99. The van der Waals surface area contributed by atoms with E-state index in [-0.39, 0.29) is 22.8 Å². The van der Waals surface area contributed by atoms with Crippen molar-refractivity contribution in [2.75, 3.05) is 11.4 Å². The molecule has 1 saturated heterocycles. The Morgan fingerprint density at radius 3 is 2.41 bits per heavy atom. The molecule has 1 heterocycles. The third-order valence-electron chi connectivity index (χ3n) is 5.84. The Morgan fingerprint density at radius 1 is 1.10 bits per heavy atom. The Hall–Kier alpha value is -3.28. The lowest BCUT2D eigenvalue weighted by atomic mass is 9.96. The molecule has 1 fully saturated rings. The number of rotatable bonds is 4. The Morgan fingerprint density at radius 2 is 1.79 bits per heavy atom. The van der Waals surface area contributed by atoms with Gasteiger partial charge in [0.2, 0.25) is 0 Å². The molecule has 2 aromatic carbocycles. The molecule has 6 heteroatoms. The number of carbonyl (C=O) groups excluding carboxylic acids is 2. The summed E-state index contributed by atoms with van der Waals surface area (Å²) >= 11 is 0. The van der Waals surface area contributed by atoms with Gasteiger partial charge in [-0.2, -0.15) is 0 Å². The maximum atomic E-state index is 12.8. The first-order valence-corrected chi connectivity index (χ1v) is 9.96. The van der Waals surface area contributed by atoms with Gasteiger partial charge in [-0.3, -0.25) is 19.7 Å². The zero-order chi connectivity index (χ0) is 20.5. The fourth-order valence-corrected chi connectivity index (χ4v) is 4.33. The van der Waals surface area contributed by atoms with E-state index in [1.807, 2.05) is 0 Å². The van der Waals surface area contributed by atoms with Crippen molar-refractivity contribution in [1.29, 1.82) is 0 Å². The number of benzene rings is 2. The number of ketones is 2. The highest BCUT2D eigenvalue weighted by atomic mass is 16.6. The number of fused-ring (bicyclic) bond motifs is 1. The predicted molar refractivity (Wildman–Crippen MR) is 111 cm³/mol. The van der Waals surface area contributed by atoms with Crippen molar-refractivity contribution in [2.45, 2.75) is 38.6 Å². The minimum absolute atomic E-state index is 0.0546. The number of nitrogens with zero attached hydrogens (tertiary/aromatic N) is 2. The van der Waals surface area contributed by atoms with Gasteiger partial charge in [-0.1, -0.05) is 31.2 Å². The molecular formula is C23H22N2O4. The first kappa shape index (κ1) is 19.1. The van der Waals surface area contributed by atoms with Crippen LogP contribution in [-0.4, -0.2) is 29.1 Å². The number of Topliss-reactive ketones (excluding diaryl/α,β-unsaturated/α-hetero) is 2. The van der Waals surface area contributed by atoms with Crippen LogP contribution in [0.4, 0.5) is 11.4 Å². The van der Waals surface area contributed by atoms with Gasteiger partial charge in [-0.05, 0) is 37.8 Å². The summed E-state index contributed by atoms with van der Waals surface area (Å²) in [5, 5.41) is 11.3. The Kier molecular flexibility index (Phi) is 5.01. The number of hydrogen-bond donors (Lipinski definition) is 0. The number of nitro groups is 1. The molecule has 1 aliphatic carbocycles. The van der Waals surface area contributed by atoms with Gasteiger partial charge < -0.3 is 4.90 Å². The van der Waals surface area contributed by atoms with Gasteiger partial charge in [-0.15, -0.1) is 0 Å². The van der Waals surface area contributed by atoms with Gasteiger partial charge in [0.1, 0.15) is 0 Å².